The van der Waals surface area contributed by atoms with Gasteiger partial charge < -0.3 is 20.1 Å². The lowest BCUT2D eigenvalue weighted by atomic mass is 9.72. The first-order valence-corrected chi connectivity index (χ1v) is 12.6. The van der Waals surface area contributed by atoms with Crippen LogP contribution in [0, 0.1) is 5.41 Å². The number of nitrogens with one attached hydrogen (secondary N) is 1. The minimum Gasteiger partial charge on any atom is -0.480 e. The van der Waals surface area contributed by atoms with Gasteiger partial charge >= 0.3 is 12.1 Å². The Morgan fingerprint density at radius 3 is 2.20 bits per heavy atom. The Morgan fingerprint density at radius 1 is 0.943 bits per heavy atom. The fourth-order valence-electron chi connectivity index (χ4n) is 6.16. The summed E-state index contributed by atoms with van der Waals surface area (Å²) in [6.07, 6.45) is 4.77. The van der Waals surface area contributed by atoms with Crippen molar-refractivity contribution < 1.29 is 24.2 Å². The molecule has 0 radical (unpaired) electrons. The van der Waals surface area contributed by atoms with E-state index < -0.39 is 23.5 Å². The van der Waals surface area contributed by atoms with Crippen LogP contribution >= 0.6 is 0 Å². The number of nitrogens with zero attached hydrogens (tertiary/aromatic N) is 1. The number of carbonyl (C=O) groups is 3. The van der Waals surface area contributed by atoms with Gasteiger partial charge in [-0.05, 0) is 47.9 Å². The minimum absolute atomic E-state index is 0.0284. The largest absolute Gasteiger partial charge is 0.480 e. The van der Waals surface area contributed by atoms with Crippen LogP contribution in [0.2, 0.25) is 0 Å². The number of rotatable bonds is 6. The molecule has 7 heteroatoms. The summed E-state index contributed by atoms with van der Waals surface area (Å²) >= 11 is 0. The average Bonchev–Trinajstić information content (AvgIpc) is 3.50. The number of carbonyl (C=O) groups excluding carboxylic acids is 2. The van der Waals surface area contributed by atoms with Crippen molar-refractivity contribution in [2.24, 2.45) is 5.41 Å². The molecule has 184 valence electrons. The van der Waals surface area contributed by atoms with Crippen molar-refractivity contribution in [1.82, 2.24) is 10.2 Å². The second-order valence-electron chi connectivity index (χ2n) is 10.0. The van der Waals surface area contributed by atoms with E-state index in [4.69, 9.17) is 4.74 Å². The molecular formula is C28H32N2O5. The fraction of sp³-hybridized carbons (Fsp3) is 0.464. The standard InChI is InChI=1S/C28H32N2O5/c31-25(32)24-13-8-16-30(24)26(33)28(14-6-1-7-15-28)18-29-27(34)35-17-23-21-11-4-2-9-19(21)20-10-3-5-12-22(20)23/h2-5,9-12,23-24H,1,6-8,13-18H2,(H,29,34)(H,31,32)/t24-/m0/s1. The average molecular weight is 477 g/mol. The Kier molecular flexibility index (Phi) is 6.50. The quantitative estimate of drug-likeness (QED) is 0.638. The van der Waals surface area contributed by atoms with Crippen LogP contribution in [-0.2, 0) is 14.3 Å². The first kappa shape index (κ1) is 23.4. The number of likely N-dealkylation sites (tertiary alicyclic amines) is 1. The van der Waals surface area contributed by atoms with E-state index in [0.29, 0.717) is 32.2 Å². The summed E-state index contributed by atoms with van der Waals surface area (Å²) in [6, 6.07) is 15.6. The summed E-state index contributed by atoms with van der Waals surface area (Å²) in [6.45, 7) is 0.849. The zero-order chi connectivity index (χ0) is 24.4. The van der Waals surface area contributed by atoms with Crippen molar-refractivity contribution in [2.45, 2.75) is 56.9 Å². The van der Waals surface area contributed by atoms with Gasteiger partial charge in [-0.2, -0.15) is 0 Å². The van der Waals surface area contributed by atoms with E-state index in [-0.39, 0.29) is 25.0 Å². The number of hydrogen-bond donors (Lipinski definition) is 2. The van der Waals surface area contributed by atoms with Crippen LogP contribution in [0.4, 0.5) is 4.79 Å². The Morgan fingerprint density at radius 2 is 1.57 bits per heavy atom. The molecule has 2 aromatic carbocycles. The maximum atomic E-state index is 13.6. The van der Waals surface area contributed by atoms with Gasteiger partial charge in [0.1, 0.15) is 12.6 Å². The molecule has 0 bridgehead atoms. The SMILES string of the molecule is O=C(NCC1(C(=O)N2CCC[C@H]2C(=O)O)CCCCC1)OCC1c2ccccc2-c2ccccc21. The highest BCUT2D eigenvalue weighted by atomic mass is 16.5. The molecule has 1 aliphatic heterocycles. The Labute approximate surface area is 205 Å². The van der Waals surface area contributed by atoms with Crippen molar-refractivity contribution in [3.05, 3.63) is 59.7 Å². The lowest BCUT2D eigenvalue weighted by molar-refractivity contribution is -0.154. The lowest BCUT2D eigenvalue weighted by Gasteiger charge is -2.39. The van der Waals surface area contributed by atoms with Crippen LogP contribution in [0.3, 0.4) is 0 Å². The number of benzene rings is 2. The van der Waals surface area contributed by atoms with E-state index in [2.05, 4.69) is 29.6 Å². The van der Waals surface area contributed by atoms with Crippen molar-refractivity contribution in [1.29, 1.82) is 0 Å². The highest BCUT2D eigenvalue weighted by Crippen LogP contribution is 2.44. The summed E-state index contributed by atoms with van der Waals surface area (Å²) in [5.41, 5.74) is 3.87. The monoisotopic (exact) mass is 476 g/mol. The van der Waals surface area contributed by atoms with Crippen LogP contribution in [0.5, 0.6) is 0 Å². The third-order valence-electron chi connectivity index (χ3n) is 7.98. The maximum Gasteiger partial charge on any atom is 0.407 e. The molecule has 2 N–H and O–H groups in total. The molecule has 1 atom stereocenters. The van der Waals surface area contributed by atoms with Crippen molar-refractivity contribution in [2.75, 3.05) is 19.7 Å². The topological polar surface area (TPSA) is 95.9 Å². The van der Waals surface area contributed by atoms with Gasteiger partial charge in [0.15, 0.2) is 0 Å². The Hall–Kier alpha value is -3.35. The molecule has 3 aliphatic rings. The predicted molar refractivity (Wildman–Crippen MR) is 131 cm³/mol. The number of ether oxygens (including phenoxy) is 1. The molecule has 35 heavy (non-hydrogen) atoms. The molecule has 0 unspecified atom stereocenters. The van der Waals surface area contributed by atoms with Gasteiger partial charge in [-0.3, -0.25) is 4.79 Å². The molecule has 2 fully saturated rings. The number of carboxylic acids is 1. The molecule has 1 saturated carbocycles. The van der Waals surface area contributed by atoms with Crippen molar-refractivity contribution >= 4 is 18.0 Å². The molecule has 0 aromatic heterocycles. The van der Waals surface area contributed by atoms with E-state index >= 15 is 0 Å². The Balaban J connectivity index is 1.25. The van der Waals surface area contributed by atoms with Gasteiger partial charge in [-0.1, -0.05) is 67.8 Å². The van der Waals surface area contributed by atoms with Crippen LogP contribution in [-0.4, -0.2) is 53.7 Å². The number of amides is 2. The van der Waals surface area contributed by atoms with E-state index in [1.807, 2.05) is 24.3 Å². The molecule has 0 spiro atoms. The highest BCUT2D eigenvalue weighted by Gasteiger charge is 2.46. The van der Waals surface area contributed by atoms with E-state index in [1.165, 1.54) is 16.0 Å². The van der Waals surface area contributed by atoms with Crippen LogP contribution < -0.4 is 5.32 Å². The summed E-state index contributed by atoms with van der Waals surface area (Å²) < 4.78 is 5.67. The Bertz CT molecular complexity index is 1080. The number of hydrogen-bond acceptors (Lipinski definition) is 4. The first-order valence-electron chi connectivity index (χ1n) is 12.6. The van der Waals surface area contributed by atoms with E-state index in [1.54, 1.807) is 0 Å². The second kappa shape index (κ2) is 9.72. The van der Waals surface area contributed by atoms with Gasteiger partial charge in [-0.25, -0.2) is 9.59 Å². The summed E-state index contributed by atoms with van der Waals surface area (Å²) in [4.78, 5) is 39.5. The van der Waals surface area contributed by atoms with Crippen molar-refractivity contribution in [3.63, 3.8) is 0 Å². The van der Waals surface area contributed by atoms with Gasteiger partial charge in [0.05, 0.1) is 5.41 Å². The summed E-state index contributed by atoms with van der Waals surface area (Å²) in [5, 5.41) is 12.4. The van der Waals surface area contributed by atoms with E-state index in [9.17, 15) is 19.5 Å². The van der Waals surface area contributed by atoms with Gasteiger partial charge in [0.2, 0.25) is 5.91 Å². The van der Waals surface area contributed by atoms with Gasteiger partial charge in [0, 0.05) is 19.0 Å². The lowest BCUT2D eigenvalue weighted by Crippen LogP contribution is -2.53. The molecule has 2 aromatic rings. The number of aliphatic carboxylic acids is 1. The van der Waals surface area contributed by atoms with Gasteiger partial charge in [0.25, 0.3) is 0 Å². The normalized spacial score (nSPS) is 20.7. The molecule has 2 amide bonds. The third-order valence-corrected chi connectivity index (χ3v) is 7.98. The third kappa shape index (κ3) is 4.40. The van der Waals surface area contributed by atoms with Crippen LogP contribution in [0.15, 0.2) is 48.5 Å². The molecule has 2 aliphatic carbocycles. The predicted octanol–water partition coefficient (Wildman–Crippen LogP) is 4.55. The molecular weight excluding hydrogens is 444 g/mol. The van der Waals surface area contributed by atoms with Crippen LogP contribution in [0.1, 0.15) is 62.0 Å². The zero-order valence-corrected chi connectivity index (χ0v) is 19.9. The van der Waals surface area contributed by atoms with Crippen molar-refractivity contribution in [3.8, 4) is 11.1 Å². The van der Waals surface area contributed by atoms with Gasteiger partial charge in [-0.15, -0.1) is 0 Å². The molecule has 5 rings (SSSR count). The number of alkyl carbamates (subject to hydrolysis) is 1. The molecule has 1 saturated heterocycles. The maximum absolute atomic E-state index is 13.6. The summed E-state index contributed by atoms with van der Waals surface area (Å²) in [5.74, 6) is -1.12. The zero-order valence-electron chi connectivity index (χ0n) is 19.9. The smallest absolute Gasteiger partial charge is 0.407 e. The minimum atomic E-state index is -0.952. The molecule has 7 nitrogen and oxygen atoms in total. The van der Waals surface area contributed by atoms with Crippen LogP contribution in [0.25, 0.3) is 11.1 Å². The fourth-order valence-corrected chi connectivity index (χ4v) is 6.16. The second-order valence-corrected chi connectivity index (χ2v) is 10.0. The number of fused-ring (bicyclic) bond motifs is 3. The van der Waals surface area contributed by atoms with E-state index in [0.717, 1.165) is 30.4 Å². The molecule has 1 heterocycles. The summed E-state index contributed by atoms with van der Waals surface area (Å²) in [7, 11) is 0. The number of carboxylic acid groups (broad SMARTS) is 1. The first-order chi connectivity index (χ1) is 17.0. The highest BCUT2D eigenvalue weighted by molar-refractivity contribution is 5.89.